The molecule has 2 atom stereocenters. The second-order valence-corrected chi connectivity index (χ2v) is 16.4. The second kappa shape index (κ2) is 35.0. The van der Waals surface area contributed by atoms with Crippen LogP contribution in [0.15, 0.2) is 36.5 Å². The normalized spacial score (nSPS) is 14.0. The number of phosphoric ester groups is 1. The molecule has 304 valence electrons. The summed E-state index contributed by atoms with van der Waals surface area (Å²) in [6.07, 6.45) is 37.3. The Balaban J connectivity index is 4.44. The van der Waals surface area contributed by atoms with Gasteiger partial charge in [-0.2, -0.15) is 0 Å². The maximum Gasteiger partial charge on any atom is 0.306 e. The predicted molar refractivity (Wildman–Crippen MR) is 213 cm³/mol. The summed E-state index contributed by atoms with van der Waals surface area (Å²) < 4.78 is 33.8. The van der Waals surface area contributed by atoms with Crippen LogP contribution in [-0.4, -0.2) is 70.0 Å². The molecule has 0 amide bonds. The van der Waals surface area contributed by atoms with Gasteiger partial charge in [-0.15, -0.1) is 0 Å². The van der Waals surface area contributed by atoms with Crippen molar-refractivity contribution in [3.63, 3.8) is 0 Å². The van der Waals surface area contributed by atoms with Crippen molar-refractivity contribution in [3.8, 4) is 0 Å². The number of ether oxygens (including phenoxy) is 2. The highest BCUT2D eigenvalue weighted by molar-refractivity contribution is 7.45. The molecule has 0 saturated carbocycles. The van der Waals surface area contributed by atoms with Gasteiger partial charge in [0.05, 0.1) is 27.7 Å². The van der Waals surface area contributed by atoms with E-state index in [1.165, 1.54) is 57.8 Å². The maximum atomic E-state index is 12.6. The van der Waals surface area contributed by atoms with E-state index in [1.807, 2.05) is 21.1 Å². The van der Waals surface area contributed by atoms with Crippen molar-refractivity contribution in [2.45, 2.75) is 174 Å². The van der Waals surface area contributed by atoms with Crippen LogP contribution in [-0.2, 0) is 32.7 Å². The molecule has 0 N–H and O–H groups in total. The molecule has 52 heavy (non-hydrogen) atoms. The monoisotopic (exact) mass is 756 g/mol. The molecule has 0 aliphatic carbocycles. The van der Waals surface area contributed by atoms with E-state index in [2.05, 4.69) is 50.3 Å². The average Bonchev–Trinajstić information content (AvgIpc) is 3.09. The predicted octanol–water partition coefficient (Wildman–Crippen LogP) is 10.7. The van der Waals surface area contributed by atoms with Crippen molar-refractivity contribution >= 4 is 19.8 Å². The van der Waals surface area contributed by atoms with Crippen LogP contribution in [0.1, 0.15) is 168 Å². The minimum absolute atomic E-state index is 0.0354. The number of nitrogens with zero attached hydrogens (tertiary/aromatic N) is 1. The topological polar surface area (TPSA) is 111 Å². The number of likely N-dealkylation sites (N-methyl/N-ethyl adjacent to an activating group) is 1. The lowest BCUT2D eigenvalue weighted by molar-refractivity contribution is -0.870. The summed E-state index contributed by atoms with van der Waals surface area (Å²) in [4.78, 5) is 37.4. The summed E-state index contributed by atoms with van der Waals surface area (Å²) in [6, 6.07) is 0. The molecule has 0 saturated heterocycles. The van der Waals surface area contributed by atoms with Crippen LogP contribution >= 0.6 is 7.82 Å². The van der Waals surface area contributed by atoms with Crippen molar-refractivity contribution in [1.82, 2.24) is 0 Å². The number of phosphoric acid groups is 1. The highest BCUT2D eigenvalue weighted by Gasteiger charge is 2.21. The smallest absolute Gasteiger partial charge is 0.306 e. The molecule has 0 spiro atoms. The lowest BCUT2D eigenvalue weighted by Crippen LogP contribution is -2.37. The molecule has 0 aliphatic rings. The van der Waals surface area contributed by atoms with Gasteiger partial charge in [0.2, 0.25) is 0 Å². The molecule has 0 aromatic heterocycles. The molecule has 0 fully saturated rings. The molecule has 0 aromatic carbocycles. The zero-order valence-corrected chi connectivity index (χ0v) is 34.9. The van der Waals surface area contributed by atoms with Crippen LogP contribution < -0.4 is 4.89 Å². The number of carbonyl (C=O) groups excluding carboxylic acids is 2. The van der Waals surface area contributed by atoms with Crippen LogP contribution in [0, 0.1) is 0 Å². The Morgan fingerprint density at radius 3 is 1.54 bits per heavy atom. The summed E-state index contributed by atoms with van der Waals surface area (Å²) in [5, 5.41) is 0. The molecule has 1 unspecified atom stereocenters. The minimum Gasteiger partial charge on any atom is -0.756 e. The van der Waals surface area contributed by atoms with Gasteiger partial charge in [-0.05, 0) is 64.2 Å². The van der Waals surface area contributed by atoms with Gasteiger partial charge in [0.25, 0.3) is 7.82 Å². The first-order valence-electron chi connectivity index (χ1n) is 20.7. The van der Waals surface area contributed by atoms with Gasteiger partial charge in [0.15, 0.2) is 6.10 Å². The Morgan fingerprint density at radius 1 is 0.596 bits per heavy atom. The lowest BCUT2D eigenvalue weighted by atomic mass is 10.1. The molecular formula is C42H78NO8P. The summed E-state index contributed by atoms with van der Waals surface area (Å²) in [7, 11) is 1.15. The van der Waals surface area contributed by atoms with Crippen LogP contribution in [0.3, 0.4) is 0 Å². The molecule has 9 nitrogen and oxygen atoms in total. The van der Waals surface area contributed by atoms with Crippen molar-refractivity contribution in [1.29, 1.82) is 0 Å². The Kier molecular flexibility index (Phi) is 33.8. The van der Waals surface area contributed by atoms with Crippen LogP contribution in [0.2, 0.25) is 0 Å². The Bertz CT molecular complexity index is 991. The third-order valence-electron chi connectivity index (χ3n) is 8.66. The van der Waals surface area contributed by atoms with Crippen molar-refractivity contribution in [3.05, 3.63) is 36.5 Å². The highest BCUT2D eigenvalue weighted by atomic mass is 31.2. The number of rotatable bonds is 37. The lowest BCUT2D eigenvalue weighted by Gasteiger charge is -2.28. The SMILES string of the molecule is CCCCCC/C=C/C=C/CCCCCCCC(=O)OC[C@H](COP(=O)([O-])OCC[N+](C)(C)C)OC(=O)CCCCCCC/C=C/CCCCCC. The maximum absolute atomic E-state index is 12.6. The summed E-state index contributed by atoms with van der Waals surface area (Å²) >= 11 is 0. The fraction of sp³-hybridized carbons (Fsp3) is 0.810. The van der Waals surface area contributed by atoms with E-state index in [0.717, 1.165) is 70.6 Å². The third kappa shape index (κ3) is 38.0. The van der Waals surface area contributed by atoms with Gasteiger partial charge in [-0.1, -0.05) is 127 Å². The van der Waals surface area contributed by atoms with Crippen LogP contribution in [0.4, 0.5) is 0 Å². The highest BCUT2D eigenvalue weighted by Crippen LogP contribution is 2.38. The first-order chi connectivity index (χ1) is 25.0. The number of hydrogen-bond donors (Lipinski definition) is 0. The molecule has 0 heterocycles. The quantitative estimate of drug-likeness (QED) is 0.0154. The van der Waals surface area contributed by atoms with E-state index in [0.29, 0.717) is 23.9 Å². The van der Waals surface area contributed by atoms with Gasteiger partial charge in [-0.3, -0.25) is 14.2 Å². The van der Waals surface area contributed by atoms with Crippen molar-refractivity contribution in [2.75, 3.05) is 47.5 Å². The van der Waals surface area contributed by atoms with E-state index in [-0.39, 0.29) is 26.1 Å². The molecule has 10 heteroatoms. The summed E-state index contributed by atoms with van der Waals surface area (Å²) in [5.41, 5.74) is 0. The van der Waals surface area contributed by atoms with E-state index in [9.17, 15) is 19.0 Å². The third-order valence-corrected chi connectivity index (χ3v) is 9.62. The first-order valence-corrected chi connectivity index (χ1v) is 22.2. The Labute approximate surface area is 319 Å². The van der Waals surface area contributed by atoms with Crippen LogP contribution in [0.25, 0.3) is 0 Å². The number of unbranched alkanes of at least 4 members (excludes halogenated alkanes) is 18. The van der Waals surface area contributed by atoms with Gasteiger partial charge < -0.3 is 27.9 Å². The van der Waals surface area contributed by atoms with Gasteiger partial charge in [-0.25, -0.2) is 0 Å². The zero-order valence-electron chi connectivity index (χ0n) is 34.0. The van der Waals surface area contributed by atoms with E-state index >= 15 is 0 Å². The fourth-order valence-corrected chi connectivity index (χ4v) is 6.07. The fourth-order valence-electron chi connectivity index (χ4n) is 5.34. The first kappa shape index (κ1) is 50.2. The van der Waals surface area contributed by atoms with Gasteiger partial charge >= 0.3 is 11.9 Å². The molecule has 0 radical (unpaired) electrons. The molecular weight excluding hydrogens is 677 g/mol. The van der Waals surface area contributed by atoms with Crippen LogP contribution in [0.5, 0.6) is 0 Å². The Hall–Kier alpha value is -1.77. The average molecular weight is 756 g/mol. The summed E-state index contributed by atoms with van der Waals surface area (Å²) in [6.45, 7) is 4.15. The number of carbonyl (C=O) groups is 2. The van der Waals surface area contributed by atoms with E-state index in [1.54, 1.807) is 0 Å². The number of allylic oxidation sites excluding steroid dienone is 6. The standard InChI is InChI=1S/C42H78NO8P/c1-6-8-10-12-14-16-18-20-21-23-24-26-28-30-32-34-41(44)48-38-40(39-50-52(46,47)49-37-36-43(3,4)5)51-42(45)35-33-31-29-27-25-22-19-17-15-13-11-9-7-2/h16-21,40H,6-15,22-39H2,1-5H3/b18-16+,19-17+,21-20+/t40-/m1/s1. The number of quaternary nitrogens is 1. The summed E-state index contributed by atoms with van der Waals surface area (Å²) in [5.74, 6) is -0.864. The van der Waals surface area contributed by atoms with Gasteiger partial charge in [0, 0.05) is 12.8 Å². The zero-order chi connectivity index (χ0) is 38.6. The van der Waals surface area contributed by atoms with Gasteiger partial charge in [0.1, 0.15) is 19.8 Å². The molecule has 0 aliphatic heterocycles. The largest absolute Gasteiger partial charge is 0.756 e. The van der Waals surface area contributed by atoms with E-state index < -0.39 is 32.5 Å². The number of hydrogen-bond acceptors (Lipinski definition) is 8. The molecule has 0 aromatic rings. The molecule has 0 bridgehead atoms. The molecule has 0 rings (SSSR count). The Morgan fingerprint density at radius 2 is 1.04 bits per heavy atom. The van der Waals surface area contributed by atoms with E-state index in [4.69, 9.17) is 18.5 Å². The second-order valence-electron chi connectivity index (χ2n) is 15.0. The minimum atomic E-state index is -4.62. The van der Waals surface area contributed by atoms with Crippen molar-refractivity contribution in [2.24, 2.45) is 0 Å². The van der Waals surface area contributed by atoms with Crippen molar-refractivity contribution < 1.29 is 42.1 Å². The number of esters is 2.